The first kappa shape index (κ1) is 23.7. The fraction of sp³-hybridized carbons (Fsp3) is 0.0769. The van der Waals surface area contributed by atoms with E-state index in [-0.39, 0.29) is 18.0 Å². The molecule has 0 saturated carbocycles. The zero-order valence-corrected chi connectivity index (χ0v) is 19.3. The van der Waals surface area contributed by atoms with Crippen molar-refractivity contribution < 1.29 is 14.4 Å². The van der Waals surface area contributed by atoms with Crippen molar-refractivity contribution in [2.45, 2.75) is 6.54 Å². The molecule has 4 N–H and O–H groups in total. The van der Waals surface area contributed by atoms with Crippen LogP contribution in [-0.2, 0) is 11.3 Å². The zero-order chi connectivity index (χ0) is 24.8. The number of anilines is 1. The predicted octanol–water partition coefficient (Wildman–Crippen LogP) is 3.72. The number of primary amides is 1. The van der Waals surface area contributed by atoms with Gasteiger partial charge in [0, 0.05) is 28.0 Å². The molecule has 1 heterocycles. The monoisotopic (exact) mass is 487 g/mol. The molecule has 0 atom stereocenters. The van der Waals surface area contributed by atoms with Gasteiger partial charge in [0.1, 0.15) is 5.69 Å². The Morgan fingerprint density at radius 2 is 1.66 bits per heavy atom. The summed E-state index contributed by atoms with van der Waals surface area (Å²) in [6, 6.07) is 23.3. The summed E-state index contributed by atoms with van der Waals surface area (Å²) < 4.78 is 1.71. The first-order valence-corrected chi connectivity index (χ1v) is 11.1. The second-order valence-corrected chi connectivity index (χ2v) is 8.20. The Morgan fingerprint density at radius 3 is 2.37 bits per heavy atom. The first-order chi connectivity index (χ1) is 16.9. The van der Waals surface area contributed by atoms with E-state index in [1.54, 1.807) is 53.3 Å². The molecule has 0 aliphatic heterocycles. The Hall–Kier alpha value is -4.43. The summed E-state index contributed by atoms with van der Waals surface area (Å²) in [7, 11) is 0. The number of aromatic nitrogens is 2. The van der Waals surface area contributed by atoms with Gasteiger partial charge in [-0.05, 0) is 35.9 Å². The van der Waals surface area contributed by atoms with Crippen LogP contribution in [-0.4, -0.2) is 34.0 Å². The third-order valence-corrected chi connectivity index (χ3v) is 5.37. The molecule has 35 heavy (non-hydrogen) atoms. The fourth-order valence-electron chi connectivity index (χ4n) is 3.47. The molecule has 4 aromatic rings. The number of benzene rings is 3. The van der Waals surface area contributed by atoms with Crippen LogP contribution in [0.15, 0.2) is 85.1 Å². The molecule has 0 aliphatic carbocycles. The number of amides is 3. The molecule has 0 unspecified atom stereocenters. The lowest BCUT2D eigenvalue weighted by Gasteiger charge is -2.08. The lowest BCUT2D eigenvalue weighted by Crippen LogP contribution is -2.33. The second-order valence-electron chi connectivity index (χ2n) is 7.77. The van der Waals surface area contributed by atoms with Crippen molar-refractivity contribution in [1.82, 2.24) is 15.1 Å². The lowest BCUT2D eigenvalue weighted by atomic mass is 10.1. The van der Waals surface area contributed by atoms with Gasteiger partial charge in [0.15, 0.2) is 0 Å². The second kappa shape index (κ2) is 10.7. The van der Waals surface area contributed by atoms with Crippen LogP contribution in [0.2, 0.25) is 5.02 Å². The predicted molar refractivity (Wildman–Crippen MR) is 134 cm³/mol. The fourth-order valence-corrected chi connectivity index (χ4v) is 3.59. The first-order valence-electron chi connectivity index (χ1n) is 10.7. The molecule has 8 nitrogen and oxygen atoms in total. The van der Waals surface area contributed by atoms with Crippen LogP contribution in [0.5, 0.6) is 0 Å². The number of carbonyl (C=O) groups is 3. The van der Waals surface area contributed by atoms with E-state index >= 15 is 0 Å². The summed E-state index contributed by atoms with van der Waals surface area (Å²) in [5, 5.41) is 10.5. The van der Waals surface area contributed by atoms with E-state index in [0.29, 0.717) is 28.5 Å². The molecular weight excluding hydrogens is 466 g/mol. The van der Waals surface area contributed by atoms with E-state index in [4.69, 9.17) is 17.3 Å². The van der Waals surface area contributed by atoms with Crippen molar-refractivity contribution >= 4 is 35.0 Å². The van der Waals surface area contributed by atoms with Crippen LogP contribution in [0.25, 0.3) is 11.3 Å². The highest BCUT2D eigenvalue weighted by Gasteiger charge is 2.19. The van der Waals surface area contributed by atoms with Gasteiger partial charge in [-0.2, -0.15) is 5.10 Å². The van der Waals surface area contributed by atoms with Gasteiger partial charge in [-0.15, -0.1) is 0 Å². The molecule has 4 rings (SSSR count). The molecule has 1 aromatic heterocycles. The van der Waals surface area contributed by atoms with Crippen LogP contribution >= 0.6 is 11.6 Å². The van der Waals surface area contributed by atoms with E-state index < -0.39 is 11.8 Å². The van der Waals surface area contributed by atoms with E-state index in [9.17, 15) is 14.4 Å². The molecule has 0 aliphatic rings. The highest BCUT2D eigenvalue weighted by molar-refractivity contribution is 6.30. The SMILES string of the molecule is NC(=O)CNC(=O)c1cccc(NC(=O)c2cn(Cc3ccccc3)nc2-c2ccc(Cl)cc2)c1. The van der Waals surface area contributed by atoms with E-state index in [1.165, 1.54) is 6.07 Å². The third kappa shape index (κ3) is 6.13. The molecule has 3 amide bonds. The Kier molecular flexibility index (Phi) is 7.23. The van der Waals surface area contributed by atoms with Gasteiger partial charge in [0.25, 0.3) is 11.8 Å². The minimum Gasteiger partial charge on any atom is -0.368 e. The summed E-state index contributed by atoms with van der Waals surface area (Å²) in [6.07, 6.45) is 1.69. The van der Waals surface area contributed by atoms with E-state index in [0.717, 1.165) is 11.1 Å². The molecule has 176 valence electrons. The Bertz CT molecular complexity index is 1370. The van der Waals surface area contributed by atoms with Crippen LogP contribution in [0.3, 0.4) is 0 Å². The van der Waals surface area contributed by atoms with Gasteiger partial charge in [-0.1, -0.05) is 60.1 Å². The molecular formula is C26H22ClN5O3. The smallest absolute Gasteiger partial charge is 0.259 e. The number of halogens is 1. The van der Waals surface area contributed by atoms with Gasteiger partial charge < -0.3 is 16.4 Å². The number of hydrogen-bond acceptors (Lipinski definition) is 4. The summed E-state index contributed by atoms with van der Waals surface area (Å²) in [5.74, 6) is -1.51. The Labute approximate surface area is 206 Å². The van der Waals surface area contributed by atoms with Crippen molar-refractivity contribution in [2.75, 3.05) is 11.9 Å². The zero-order valence-electron chi connectivity index (χ0n) is 18.6. The third-order valence-electron chi connectivity index (χ3n) is 5.12. The minimum absolute atomic E-state index is 0.277. The van der Waals surface area contributed by atoms with Crippen molar-refractivity contribution in [1.29, 1.82) is 0 Å². The van der Waals surface area contributed by atoms with Crippen molar-refractivity contribution in [3.63, 3.8) is 0 Å². The summed E-state index contributed by atoms with van der Waals surface area (Å²) >= 11 is 6.04. The molecule has 0 bridgehead atoms. The molecule has 3 aromatic carbocycles. The maximum atomic E-state index is 13.3. The average Bonchev–Trinajstić information content (AvgIpc) is 3.27. The van der Waals surface area contributed by atoms with Crippen molar-refractivity contribution in [3.8, 4) is 11.3 Å². The van der Waals surface area contributed by atoms with Gasteiger partial charge in [-0.3, -0.25) is 19.1 Å². The topological polar surface area (TPSA) is 119 Å². The van der Waals surface area contributed by atoms with Crippen LogP contribution in [0.1, 0.15) is 26.3 Å². The lowest BCUT2D eigenvalue weighted by molar-refractivity contribution is -0.117. The van der Waals surface area contributed by atoms with Gasteiger partial charge in [0.05, 0.1) is 18.7 Å². The molecule has 0 saturated heterocycles. The molecule has 0 fully saturated rings. The van der Waals surface area contributed by atoms with E-state index in [1.807, 2.05) is 30.3 Å². The van der Waals surface area contributed by atoms with Crippen molar-refractivity contribution in [3.05, 3.63) is 107 Å². The molecule has 0 spiro atoms. The summed E-state index contributed by atoms with van der Waals surface area (Å²) in [5.41, 5.74) is 8.42. The Morgan fingerprint density at radius 1 is 0.914 bits per heavy atom. The number of carbonyl (C=O) groups excluding carboxylic acids is 3. The van der Waals surface area contributed by atoms with Gasteiger partial charge in [0.2, 0.25) is 5.91 Å². The maximum Gasteiger partial charge on any atom is 0.259 e. The highest BCUT2D eigenvalue weighted by Crippen LogP contribution is 2.25. The number of hydrogen-bond donors (Lipinski definition) is 3. The van der Waals surface area contributed by atoms with Crippen LogP contribution in [0.4, 0.5) is 5.69 Å². The maximum absolute atomic E-state index is 13.3. The quantitative estimate of drug-likeness (QED) is 0.351. The number of nitrogens with one attached hydrogen (secondary N) is 2. The molecule has 9 heteroatoms. The summed E-state index contributed by atoms with van der Waals surface area (Å²) in [6.45, 7) is 0.213. The molecule has 0 radical (unpaired) electrons. The average molecular weight is 488 g/mol. The van der Waals surface area contributed by atoms with Crippen LogP contribution < -0.4 is 16.4 Å². The Balaban J connectivity index is 1.61. The van der Waals surface area contributed by atoms with Crippen LogP contribution in [0, 0.1) is 0 Å². The van der Waals surface area contributed by atoms with E-state index in [2.05, 4.69) is 15.7 Å². The minimum atomic E-state index is -0.648. The summed E-state index contributed by atoms with van der Waals surface area (Å²) in [4.78, 5) is 36.5. The van der Waals surface area contributed by atoms with Gasteiger partial charge in [-0.25, -0.2) is 0 Å². The number of rotatable bonds is 8. The number of nitrogens with two attached hydrogens (primary N) is 1. The van der Waals surface area contributed by atoms with Crippen molar-refractivity contribution in [2.24, 2.45) is 5.73 Å². The standard InChI is InChI=1S/C26H22ClN5O3/c27-20-11-9-18(10-12-20)24-22(16-32(31-24)15-17-5-2-1-3-6-17)26(35)30-21-8-4-7-19(13-21)25(34)29-14-23(28)33/h1-13,16H,14-15H2,(H2,28,33)(H,29,34)(H,30,35). The van der Waals surface area contributed by atoms with Gasteiger partial charge >= 0.3 is 0 Å². The number of nitrogens with zero attached hydrogens (tertiary/aromatic N) is 2. The largest absolute Gasteiger partial charge is 0.368 e. The normalized spacial score (nSPS) is 10.5. The highest BCUT2D eigenvalue weighted by atomic mass is 35.5.